The highest BCUT2D eigenvalue weighted by Crippen LogP contribution is 2.22. The van der Waals surface area contributed by atoms with Gasteiger partial charge in [-0.3, -0.25) is 14.8 Å². The normalized spacial score (nSPS) is 10.7. The van der Waals surface area contributed by atoms with Gasteiger partial charge in [-0.1, -0.05) is 21.1 Å². The minimum Gasteiger partial charge on any atom is -0.312 e. The van der Waals surface area contributed by atoms with Crippen LogP contribution < -0.4 is 5.32 Å². The van der Waals surface area contributed by atoms with Crippen LogP contribution in [0.25, 0.3) is 0 Å². The largest absolute Gasteiger partial charge is 0.312 e. The molecule has 2 aromatic rings. The van der Waals surface area contributed by atoms with E-state index in [1.807, 2.05) is 0 Å². The molecule has 0 atom stereocenters. The third-order valence-corrected chi connectivity index (χ3v) is 3.26. The molecule has 0 fully saturated rings. The maximum atomic E-state index is 10.9. The van der Waals surface area contributed by atoms with Crippen molar-refractivity contribution in [1.29, 1.82) is 0 Å². The summed E-state index contributed by atoms with van der Waals surface area (Å²) in [6, 6.07) is 4.95. The standard InChI is InChI=1S/C12H14BrN5O2/c13-11-2-3-12(18(19)20)10(8-11)9-14-4-1-6-17-7-5-15-16-17/h2-3,5,7-8,14H,1,4,6,9H2. The van der Waals surface area contributed by atoms with Gasteiger partial charge >= 0.3 is 0 Å². The Labute approximate surface area is 124 Å². The molecule has 106 valence electrons. The van der Waals surface area contributed by atoms with E-state index in [0.717, 1.165) is 24.0 Å². The number of benzene rings is 1. The van der Waals surface area contributed by atoms with Gasteiger partial charge in [0.1, 0.15) is 0 Å². The van der Waals surface area contributed by atoms with Crippen molar-refractivity contribution in [3.05, 3.63) is 50.7 Å². The molecular formula is C12H14BrN5O2. The number of halogens is 1. The molecule has 0 bridgehead atoms. The van der Waals surface area contributed by atoms with Gasteiger partial charge in [0.05, 0.1) is 11.1 Å². The van der Waals surface area contributed by atoms with Crippen molar-refractivity contribution in [1.82, 2.24) is 20.3 Å². The summed E-state index contributed by atoms with van der Waals surface area (Å²) in [5.41, 5.74) is 0.808. The fraction of sp³-hybridized carbons (Fsp3) is 0.333. The molecule has 8 heteroatoms. The van der Waals surface area contributed by atoms with E-state index >= 15 is 0 Å². The first-order chi connectivity index (χ1) is 9.66. The van der Waals surface area contributed by atoms with Crippen molar-refractivity contribution >= 4 is 21.6 Å². The molecular weight excluding hydrogens is 326 g/mol. The fourth-order valence-corrected chi connectivity index (χ4v) is 2.22. The monoisotopic (exact) mass is 339 g/mol. The van der Waals surface area contributed by atoms with Gasteiger partial charge in [0.15, 0.2) is 0 Å². The van der Waals surface area contributed by atoms with E-state index in [1.165, 1.54) is 6.07 Å². The Morgan fingerprint density at radius 2 is 2.30 bits per heavy atom. The van der Waals surface area contributed by atoms with Crippen molar-refractivity contribution in [2.45, 2.75) is 19.5 Å². The van der Waals surface area contributed by atoms with Gasteiger partial charge in [-0.25, -0.2) is 0 Å². The zero-order valence-electron chi connectivity index (χ0n) is 10.7. The maximum Gasteiger partial charge on any atom is 0.273 e. The van der Waals surface area contributed by atoms with E-state index in [4.69, 9.17) is 0 Å². The number of nitro groups is 1. The van der Waals surface area contributed by atoms with Crippen LogP contribution >= 0.6 is 15.9 Å². The molecule has 1 N–H and O–H groups in total. The minimum absolute atomic E-state index is 0.136. The van der Waals surface area contributed by atoms with Crippen LogP contribution in [0.4, 0.5) is 5.69 Å². The van der Waals surface area contributed by atoms with Crippen LogP contribution in [-0.4, -0.2) is 26.5 Å². The van der Waals surface area contributed by atoms with E-state index in [1.54, 1.807) is 29.2 Å². The molecule has 1 heterocycles. The number of nitrogens with one attached hydrogen (secondary N) is 1. The molecule has 7 nitrogen and oxygen atoms in total. The summed E-state index contributed by atoms with van der Waals surface area (Å²) in [7, 11) is 0. The molecule has 0 amide bonds. The first-order valence-corrected chi connectivity index (χ1v) is 6.94. The molecule has 0 aliphatic heterocycles. The Kier molecular flexibility index (Phi) is 5.19. The summed E-state index contributed by atoms with van der Waals surface area (Å²) in [6.07, 6.45) is 4.32. The van der Waals surface area contributed by atoms with Crippen LogP contribution in [0.2, 0.25) is 0 Å². The highest BCUT2D eigenvalue weighted by molar-refractivity contribution is 9.10. The lowest BCUT2D eigenvalue weighted by Crippen LogP contribution is -2.17. The Morgan fingerprint density at radius 1 is 1.45 bits per heavy atom. The minimum atomic E-state index is -0.362. The summed E-state index contributed by atoms with van der Waals surface area (Å²) in [5, 5.41) is 21.7. The maximum absolute atomic E-state index is 10.9. The van der Waals surface area contributed by atoms with Gasteiger partial charge in [-0.15, -0.1) is 5.10 Å². The molecule has 0 aliphatic rings. The van der Waals surface area contributed by atoms with Gasteiger partial charge in [-0.05, 0) is 25.1 Å². The van der Waals surface area contributed by atoms with Crippen molar-refractivity contribution in [2.24, 2.45) is 0 Å². The lowest BCUT2D eigenvalue weighted by Gasteiger charge is -2.06. The SMILES string of the molecule is O=[N+]([O-])c1ccc(Br)cc1CNCCCn1ccnn1. The van der Waals surface area contributed by atoms with E-state index in [2.05, 4.69) is 31.6 Å². The van der Waals surface area contributed by atoms with Crippen molar-refractivity contribution in [3.63, 3.8) is 0 Å². The predicted molar refractivity (Wildman–Crippen MR) is 77.1 cm³/mol. The number of hydrogen-bond donors (Lipinski definition) is 1. The summed E-state index contributed by atoms with van der Waals surface area (Å²) >= 11 is 3.33. The topological polar surface area (TPSA) is 85.9 Å². The van der Waals surface area contributed by atoms with Crippen LogP contribution in [-0.2, 0) is 13.1 Å². The predicted octanol–water partition coefficient (Wildman–Crippen LogP) is 2.13. The number of aromatic nitrogens is 3. The van der Waals surface area contributed by atoms with Crippen LogP contribution in [0.3, 0.4) is 0 Å². The summed E-state index contributed by atoms with van der Waals surface area (Å²) < 4.78 is 2.59. The molecule has 1 aromatic carbocycles. The zero-order chi connectivity index (χ0) is 14.4. The smallest absolute Gasteiger partial charge is 0.273 e. The summed E-state index contributed by atoms with van der Waals surface area (Å²) in [4.78, 5) is 10.6. The first-order valence-electron chi connectivity index (χ1n) is 6.14. The third kappa shape index (κ3) is 4.10. The molecule has 0 spiro atoms. The number of rotatable bonds is 7. The van der Waals surface area contributed by atoms with Crippen LogP contribution in [0, 0.1) is 10.1 Å². The first kappa shape index (κ1) is 14.6. The summed E-state index contributed by atoms with van der Waals surface area (Å²) in [6.45, 7) is 1.99. The molecule has 20 heavy (non-hydrogen) atoms. The van der Waals surface area contributed by atoms with Crippen LogP contribution in [0.5, 0.6) is 0 Å². The van der Waals surface area contributed by atoms with Gasteiger partial charge in [0, 0.05) is 35.4 Å². The number of hydrogen-bond acceptors (Lipinski definition) is 5. The van der Waals surface area contributed by atoms with Gasteiger partial charge < -0.3 is 5.32 Å². The molecule has 0 saturated carbocycles. The molecule has 2 rings (SSSR count). The molecule has 0 saturated heterocycles. The van der Waals surface area contributed by atoms with Gasteiger partial charge in [0.2, 0.25) is 0 Å². The Bertz CT molecular complexity index is 573. The number of nitrogens with zero attached hydrogens (tertiary/aromatic N) is 4. The second-order valence-electron chi connectivity index (χ2n) is 4.23. The van der Waals surface area contributed by atoms with Crippen molar-refractivity contribution in [3.8, 4) is 0 Å². The molecule has 0 radical (unpaired) electrons. The van der Waals surface area contributed by atoms with E-state index in [9.17, 15) is 10.1 Å². The van der Waals surface area contributed by atoms with E-state index in [0.29, 0.717) is 12.1 Å². The average molecular weight is 340 g/mol. The summed E-state index contributed by atoms with van der Waals surface area (Å²) in [5.74, 6) is 0. The Balaban J connectivity index is 1.81. The quantitative estimate of drug-likeness (QED) is 0.474. The second-order valence-corrected chi connectivity index (χ2v) is 5.14. The van der Waals surface area contributed by atoms with Gasteiger partial charge in [0.25, 0.3) is 5.69 Å². The Hall–Kier alpha value is -1.80. The van der Waals surface area contributed by atoms with E-state index in [-0.39, 0.29) is 10.6 Å². The van der Waals surface area contributed by atoms with Crippen molar-refractivity contribution in [2.75, 3.05) is 6.54 Å². The lowest BCUT2D eigenvalue weighted by molar-refractivity contribution is -0.385. The third-order valence-electron chi connectivity index (χ3n) is 2.77. The Morgan fingerprint density at radius 3 is 3.00 bits per heavy atom. The lowest BCUT2D eigenvalue weighted by atomic mass is 10.2. The molecule has 0 unspecified atom stereocenters. The highest BCUT2D eigenvalue weighted by Gasteiger charge is 2.12. The molecule has 1 aromatic heterocycles. The fourth-order valence-electron chi connectivity index (χ4n) is 1.81. The van der Waals surface area contributed by atoms with E-state index < -0.39 is 0 Å². The van der Waals surface area contributed by atoms with Gasteiger partial charge in [-0.2, -0.15) is 0 Å². The number of nitro benzene ring substituents is 1. The van der Waals surface area contributed by atoms with Crippen LogP contribution in [0.15, 0.2) is 35.1 Å². The van der Waals surface area contributed by atoms with Crippen molar-refractivity contribution < 1.29 is 4.92 Å². The average Bonchev–Trinajstić information content (AvgIpc) is 2.91. The zero-order valence-corrected chi connectivity index (χ0v) is 12.3. The molecule has 0 aliphatic carbocycles. The highest BCUT2D eigenvalue weighted by atomic mass is 79.9. The van der Waals surface area contributed by atoms with Crippen LogP contribution in [0.1, 0.15) is 12.0 Å². The number of aryl methyl sites for hydroxylation is 1. The second kappa shape index (κ2) is 7.11.